The third-order valence-electron chi connectivity index (χ3n) is 4.73. The number of sulfone groups is 1. The van der Waals surface area contributed by atoms with Gasteiger partial charge in [0, 0.05) is 6.26 Å². The highest BCUT2D eigenvalue weighted by atomic mass is 32.2. The van der Waals surface area contributed by atoms with E-state index in [-0.39, 0.29) is 6.10 Å². The highest BCUT2D eigenvalue weighted by molar-refractivity contribution is 7.90. The summed E-state index contributed by atoms with van der Waals surface area (Å²) in [6, 6.07) is 12.3. The van der Waals surface area contributed by atoms with Crippen LogP contribution in [0.25, 0.3) is 0 Å². The second kappa shape index (κ2) is 8.08. The van der Waals surface area contributed by atoms with E-state index in [9.17, 15) is 13.2 Å². The summed E-state index contributed by atoms with van der Waals surface area (Å²) in [6.07, 6.45) is 4.03. The van der Waals surface area contributed by atoms with E-state index in [0.717, 1.165) is 41.1 Å². The van der Waals surface area contributed by atoms with Gasteiger partial charge in [0.15, 0.2) is 9.84 Å². The molecule has 1 aromatic heterocycles. The number of aromatic nitrogens is 1. The van der Waals surface area contributed by atoms with Crippen molar-refractivity contribution in [3.05, 3.63) is 64.7 Å². The van der Waals surface area contributed by atoms with Crippen LogP contribution >= 0.6 is 11.3 Å². The number of rotatable bonds is 5. The number of aryl methyl sites for hydroxylation is 1. The van der Waals surface area contributed by atoms with Gasteiger partial charge >= 0.3 is 5.97 Å². The Morgan fingerprint density at radius 2 is 1.97 bits per heavy atom. The first-order valence-corrected chi connectivity index (χ1v) is 11.9. The Kier molecular flexibility index (Phi) is 5.48. The summed E-state index contributed by atoms with van der Waals surface area (Å²) in [7, 11) is -1.90. The third-order valence-corrected chi connectivity index (χ3v) is 6.72. The van der Waals surface area contributed by atoms with E-state index >= 15 is 0 Å². The average Bonchev–Trinajstić information content (AvgIpc) is 3.21. The number of fused-ring (bicyclic) bond motifs is 1. The Morgan fingerprint density at radius 3 is 2.67 bits per heavy atom. The summed E-state index contributed by atoms with van der Waals surface area (Å²) >= 11 is 1.12. The molecule has 30 heavy (non-hydrogen) atoms. The molecule has 1 atom stereocenters. The number of esters is 1. The monoisotopic (exact) mass is 445 g/mol. The minimum atomic E-state index is -3.22. The van der Waals surface area contributed by atoms with Crippen molar-refractivity contribution in [3.63, 3.8) is 0 Å². The van der Waals surface area contributed by atoms with E-state index in [1.54, 1.807) is 30.3 Å². The van der Waals surface area contributed by atoms with Crippen molar-refractivity contribution in [2.75, 3.05) is 13.4 Å². The molecule has 0 radical (unpaired) electrons. The van der Waals surface area contributed by atoms with Crippen LogP contribution in [0, 0.1) is 0 Å². The number of nitrogens with zero attached hydrogens (tertiary/aromatic N) is 1. The van der Waals surface area contributed by atoms with E-state index < -0.39 is 15.8 Å². The molecule has 7 nitrogen and oxygen atoms in total. The number of benzene rings is 2. The van der Waals surface area contributed by atoms with Gasteiger partial charge in [-0.15, -0.1) is 0 Å². The van der Waals surface area contributed by atoms with Crippen molar-refractivity contribution in [1.29, 1.82) is 0 Å². The molecule has 9 heteroatoms. The van der Waals surface area contributed by atoms with Crippen molar-refractivity contribution in [1.82, 2.24) is 4.98 Å². The van der Waals surface area contributed by atoms with Gasteiger partial charge in [0.1, 0.15) is 22.5 Å². The van der Waals surface area contributed by atoms with E-state index in [0.29, 0.717) is 20.7 Å². The van der Waals surface area contributed by atoms with Gasteiger partial charge in [0.2, 0.25) is 0 Å². The molecule has 0 N–H and O–H groups in total. The molecule has 1 unspecified atom stereocenters. The highest BCUT2D eigenvalue weighted by Gasteiger charge is 2.22. The van der Waals surface area contributed by atoms with E-state index in [1.165, 1.54) is 19.6 Å². The Hall–Kier alpha value is -2.91. The number of thiazole rings is 1. The quantitative estimate of drug-likeness (QED) is 0.544. The topological polar surface area (TPSA) is 91.8 Å². The zero-order valence-electron chi connectivity index (χ0n) is 16.3. The van der Waals surface area contributed by atoms with Gasteiger partial charge in [-0.3, -0.25) is 0 Å². The van der Waals surface area contributed by atoms with E-state index in [1.807, 2.05) is 12.1 Å². The van der Waals surface area contributed by atoms with Crippen LogP contribution in [0.1, 0.15) is 33.3 Å². The fourth-order valence-corrected chi connectivity index (χ4v) is 4.53. The first kappa shape index (κ1) is 20.4. The zero-order valence-corrected chi connectivity index (χ0v) is 18.0. The molecule has 0 saturated carbocycles. The number of ether oxygens (including phenoxy) is 3. The smallest absolute Gasteiger partial charge is 0.349 e. The number of hydrogen-bond acceptors (Lipinski definition) is 8. The average molecular weight is 446 g/mol. The molecule has 0 aliphatic carbocycles. The minimum absolute atomic E-state index is 0.139. The van der Waals surface area contributed by atoms with Crippen LogP contribution in [0.4, 0.5) is 0 Å². The Morgan fingerprint density at radius 1 is 1.20 bits per heavy atom. The minimum Gasteiger partial charge on any atom is -0.485 e. The number of methoxy groups -OCH3 is 1. The molecule has 4 rings (SSSR count). The SMILES string of the molecule is COC(=O)c1cnc(Oc2ccc3c(c2)CCC(c2ccc(S(C)(=O)=O)cc2)O3)s1. The van der Waals surface area contributed by atoms with Gasteiger partial charge in [0.25, 0.3) is 5.19 Å². The molecule has 2 heterocycles. The molecule has 3 aromatic rings. The molecule has 1 aliphatic rings. The predicted molar refractivity (Wildman–Crippen MR) is 111 cm³/mol. The Labute approximate surface area is 178 Å². The summed E-state index contributed by atoms with van der Waals surface area (Å²) in [6.45, 7) is 0. The summed E-state index contributed by atoms with van der Waals surface area (Å²) < 4.78 is 39.8. The molecule has 2 aromatic carbocycles. The lowest BCUT2D eigenvalue weighted by Crippen LogP contribution is -2.15. The molecule has 0 saturated heterocycles. The fourth-order valence-electron chi connectivity index (χ4n) is 3.19. The zero-order chi connectivity index (χ0) is 21.3. The van der Waals surface area contributed by atoms with Crippen LogP contribution in [0.15, 0.2) is 53.6 Å². The number of carbonyl (C=O) groups excluding carboxylic acids is 1. The predicted octanol–water partition coefficient (Wildman–Crippen LogP) is 4.19. The molecule has 0 amide bonds. The van der Waals surface area contributed by atoms with Gasteiger partial charge in [-0.1, -0.05) is 23.5 Å². The maximum Gasteiger partial charge on any atom is 0.349 e. The largest absolute Gasteiger partial charge is 0.485 e. The second-order valence-corrected chi connectivity index (χ2v) is 9.85. The normalized spacial score (nSPS) is 15.7. The van der Waals surface area contributed by atoms with Crippen LogP contribution in [-0.2, 0) is 21.0 Å². The van der Waals surface area contributed by atoms with Crippen molar-refractivity contribution < 1.29 is 27.4 Å². The molecule has 0 fully saturated rings. The Balaban J connectivity index is 1.47. The van der Waals surface area contributed by atoms with Gasteiger partial charge in [-0.2, -0.15) is 0 Å². The lowest BCUT2D eigenvalue weighted by Gasteiger charge is -2.26. The van der Waals surface area contributed by atoms with Crippen LogP contribution in [-0.4, -0.2) is 32.7 Å². The van der Waals surface area contributed by atoms with Gasteiger partial charge < -0.3 is 14.2 Å². The van der Waals surface area contributed by atoms with Crippen molar-refractivity contribution >= 4 is 27.1 Å². The molecule has 0 bridgehead atoms. The van der Waals surface area contributed by atoms with Crippen molar-refractivity contribution in [2.24, 2.45) is 0 Å². The van der Waals surface area contributed by atoms with E-state index in [2.05, 4.69) is 9.72 Å². The summed E-state index contributed by atoms with van der Waals surface area (Å²) in [5.41, 5.74) is 1.95. The molecular formula is C21H19NO6S2. The maximum atomic E-state index is 11.6. The molecule has 156 valence electrons. The third kappa shape index (κ3) is 4.31. The highest BCUT2D eigenvalue weighted by Crippen LogP contribution is 2.38. The number of hydrogen-bond donors (Lipinski definition) is 0. The van der Waals surface area contributed by atoms with Gasteiger partial charge in [-0.05, 0) is 54.3 Å². The van der Waals surface area contributed by atoms with Crippen LogP contribution < -0.4 is 9.47 Å². The first-order chi connectivity index (χ1) is 14.3. The van der Waals surface area contributed by atoms with Crippen LogP contribution in [0.2, 0.25) is 0 Å². The van der Waals surface area contributed by atoms with Crippen LogP contribution in [0.5, 0.6) is 16.7 Å². The van der Waals surface area contributed by atoms with E-state index in [4.69, 9.17) is 9.47 Å². The molecule has 1 aliphatic heterocycles. The number of carbonyl (C=O) groups is 1. The standard InChI is InChI=1S/C21H19NO6S2/c1-26-20(23)19-12-22-21(29-19)27-15-6-10-18-14(11-15)5-9-17(28-18)13-3-7-16(8-4-13)30(2,24)25/h3-4,6-8,10-12,17H,5,9H2,1-2H3. The van der Waals surface area contributed by atoms with Gasteiger partial charge in [-0.25, -0.2) is 18.2 Å². The fraction of sp³-hybridized carbons (Fsp3) is 0.238. The first-order valence-electron chi connectivity index (χ1n) is 9.15. The lowest BCUT2D eigenvalue weighted by atomic mass is 9.97. The van der Waals surface area contributed by atoms with Gasteiger partial charge in [0.05, 0.1) is 18.2 Å². The summed E-state index contributed by atoms with van der Waals surface area (Å²) in [4.78, 5) is 16.3. The second-order valence-electron chi connectivity index (χ2n) is 6.84. The van der Waals surface area contributed by atoms with Crippen LogP contribution in [0.3, 0.4) is 0 Å². The maximum absolute atomic E-state index is 11.6. The van der Waals surface area contributed by atoms with Crippen molar-refractivity contribution in [2.45, 2.75) is 23.8 Å². The summed E-state index contributed by atoms with van der Waals surface area (Å²) in [5, 5.41) is 0.357. The Bertz CT molecular complexity index is 1180. The molecule has 0 spiro atoms. The molecular weight excluding hydrogens is 426 g/mol. The lowest BCUT2D eigenvalue weighted by molar-refractivity contribution is 0.0606. The summed E-state index contributed by atoms with van der Waals surface area (Å²) in [5.74, 6) is 0.927. The van der Waals surface area contributed by atoms with Crippen molar-refractivity contribution in [3.8, 4) is 16.7 Å².